The summed E-state index contributed by atoms with van der Waals surface area (Å²) in [6.07, 6.45) is 1.70. The number of fused-ring (bicyclic) bond motifs is 5. The molecule has 0 unspecified atom stereocenters. The first-order valence-electron chi connectivity index (χ1n) is 10.7. The van der Waals surface area contributed by atoms with Crippen LogP contribution in [0.15, 0.2) is 84.0 Å². The van der Waals surface area contributed by atoms with Crippen molar-refractivity contribution < 1.29 is 14.4 Å². The number of benzene rings is 3. The number of hydrogen-bond acceptors (Lipinski definition) is 5. The third-order valence-electron chi connectivity index (χ3n) is 6.69. The molecule has 3 aromatic rings. The molecule has 0 aromatic heterocycles. The first-order chi connectivity index (χ1) is 16.1. The fraction of sp³-hybridized carbons (Fsp3) is 0.154. The summed E-state index contributed by atoms with van der Waals surface area (Å²) in [5.41, 5.74) is 2.67. The van der Waals surface area contributed by atoms with Crippen LogP contribution in [-0.4, -0.2) is 34.9 Å². The molecule has 2 amide bonds. The molecule has 3 aliphatic heterocycles. The number of halogens is 1. The van der Waals surface area contributed by atoms with Crippen molar-refractivity contribution in [2.75, 3.05) is 4.90 Å². The number of rotatable bonds is 3. The number of Topliss-reactive ketones (excluding diaryl/α,β-unsaturated/α-hetero) is 1. The van der Waals surface area contributed by atoms with Crippen molar-refractivity contribution in [3.8, 4) is 0 Å². The molecule has 162 valence electrons. The van der Waals surface area contributed by atoms with Crippen LogP contribution in [0.5, 0.6) is 0 Å². The molecule has 0 spiro atoms. The van der Waals surface area contributed by atoms with Gasteiger partial charge in [0.15, 0.2) is 5.78 Å². The van der Waals surface area contributed by atoms with Gasteiger partial charge in [-0.3, -0.25) is 19.4 Å². The molecule has 0 radical (unpaired) electrons. The number of imide groups is 1. The molecule has 2 saturated heterocycles. The van der Waals surface area contributed by atoms with E-state index in [1.807, 2.05) is 30.3 Å². The van der Waals surface area contributed by atoms with Gasteiger partial charge in [-0.1, -0.05) is 72.3 Å². The van der Waals surface area contributed by atoms with Crippen LogP contribution in [0, 0.1) is 11.8 Å². The predicted molar refractivity (Wildman–Crippen MR) is 124 cm³/mol. The number of amides is 2. The minimum absolute atomic E-state index is 0.223. The Morgan fingerprint density at radius 1 is 0.848 bits per heavy atom. The summed E-state index contributed by atoms with van der Waals surface area (Å²) in [4.78, 5) is 42.4. The Morgan fingerprint density at radius 3 is 2.36 bits per heavy atom. The van der Waals surface area contributed by atoms with E-state index < -0.39 is 29.8 Å². The summed E-state index contributed by atoms with van der Waals surface area (Å²) in [5.74, 6) is -2.54. The standard InChI is InChI=1S/C26H18ClN3O3/c27-17-10-6-11-18(13-17)29-25(32)20-21(26(29)33)23(24(31)15-7-2-1-3-8-15)30-22(20)19-12-5-4-9-16(19)14-28-30/h1-14,20-23H/t20-,21+,22+,23+/m0/s1. The van der Waals surface area contributed by atoms with Gasteiger partial charge in [0.2, 0.25) is 11.8 Å². The molecule has 2 fully saturated rings. The average Bonchev–Trinajstić information content (AvgIpc) is 3.32. The first-order valence-corrected chi connectivity index (χ1v) is 11.1. The van der Waals surface area contributed by atoms with Crippen LogP contribution in [-0.2, 0) is 9.59 Å². The average molecular weight is 456 g/mol. The third kappa shape index (κ3) is 2.87. The SMILES string of the molecule is O=C(c1ccccc1)[C@H]1[C@@H]2C(=O)N(c3cccc(Cl)c3)C(=O)[C@@H]2[C@H]2c3ccccc3C=NN21. The molecule has 0 bridgehead atoms. The van der Waals surface area contributed by atoms with Crippen molar-refractivity contribution in [2.45, 2.75) is 12.1 Å². The lowest BCUT2D eigenvalue weighted by Crippen LogP contribution is -2.44. The summed E-state index contributed by atoms with van der Waals surface area (Å²) in [6.45, 7) is 0. The number of hydrazone groups is 1. The molecule has 3 aliphatic rings. The van der Waals surface area contributed by atoms with Crippen LogP contribution in [0.25, 0.3) is 0 Å². The molecule has 4 atom stereocenters. The highest BCUT2D eigenvalue weighted by atomic mass is 35.5. The Bertz CT molecular complexity index is 1340. The minimum Gasteiger partial charge on any atom is -0.292 e. The van der Waals surface area contributed by atoms with Crippen molar-refractivity contribution in [3.05, 3.63) is 101 Å². The predicted octanol–water partition coefficient (Wildman–Crippen LogP) is 4.10. The Balaban J connectivity index is 1.51. The maximum Gasteiger partial charge on any atom is 0.240 e. The molecule has 0 saturated carbocycles. The molecule has 7 heteroatoms. The topological polar surface area (TPSA) is 70.0 Å². The van der Waals surface area contributed by atoms with Crippen LogP contribution in [0.1, 0.15) is 27.5 Å². The van der Waals surface area contributed by atoms with E-state index in [9.17, 15) is 14.4 Å². The highest BCUT2D eigenvalue weighted by molar-refractivity contribution is 6.31. The third-order valence-corrected chi connectivity index (χ3v) is 6.92. The highest BCUT2D eigenvalue weighted by Gasteiger charge is 2.65. The highest BCUT2D eigenvalue weighted by Crippen LogP contribution is 2.53. The molecule has 3 aromatic carbocycles. The van der Waals surface area contributed by atoms with Crippen molar-refractivity contribution in [2.24, 2.45) is 16.9 Å². The van der Waals surface area contributed by atoms with Crippen molar-refractivity contribution in [3.63, 3.8) is 0 Å². The van der Waals surface area contributed by atoms with Crippen LogP contribution < -0.4 is 4.90 Å². The molecule has 6 rings (SSSR count). The van der Waals surface area contributed by atoms with Gasteiger partial charge in [-0.05, 0) is 29.3 Å². The van der Waals surface area contributed by atoms with Gasteiger partial charge in [0.25, 0.3) is 0 Å². The fourth-order valence-corrected chi connectivity index (χ4v) is 5.50. The molecule has 6 nitrogen and oxygen atoms in total. The molecule has 0 aliphatic carbocycles. The quantitative estimate of drug-likeness (QED) is 0.440. The van der Waals surface area contributed by atoms with Crippen molar-refractivity contribution >= 4 is 41.1 Å². The minimum atomic E-state index is -0.882. The summed E-state index contributed by atoms with van der Waals surface area (Å²) in [6, 6.07) is 21.8. The van der Waals surface area contributed by atoms with Crippen LogP contribution >= 0.6 is 11.6 Å². The second kappa shape index (κ2) is 7.39. The maximum absolute atomic E-state index is 13.8. The zero-order chi connectivity index (χ0) is 22.7. The summed E-state index contributed by atoms with van der Waals surface area (Å²) in [7, 11) is 0. The second-order valence-corrected chi connectivity index (χ2v) is 8.85. The lowest BCUT2D eigenvalue weighted by Gasteiger charge is -2.33. The van der Waals surface area contributed by atoms with E-state index in [0.717, 1.165) is 11.1 Å². The lowest BCUT2D eigenvalue weighted by molar-refractivity contribution is -0.124. The van der Waals surface area contributed by atoms with Gasteiger partial charge in [-0.15, -0.1) is 0 Å². The fourth-order valence-electron chi connectivity index (χ4n) is 5.31. The van der Waals surface area contributed by atoms with Crippen LogP contribution in [0.4, 0.5) is 5.69 Å². The van der Waals surface area contributed by atoms with E-state index in [2.05, 4.69) is 5.10 Å². The van der Waals surface area contributed by atoms with Gasteiger partial charge in [0.1, 0.15) is 6.04 Å². The Kier molecular flexibility index (Phi) is 4.45. The number of carbonyl (C=O) groups is 3. The van der Waals surface area contributed by atoms with Gasteiger partial charge in [0.05, 0.1) is 29.8 Å². The first kappa shape index (κ1) is 19.9. The van der Waals surface area contributed by atoms with Crippen molar-refractivity contribution in [1.29, 1.82) is 0 Å². The Hall–Kier alpha value is -3.77. The van der Waals surface area contributed by atoms with E-state index in [-0.39, 0.29) is 11.7 Å². The number of nitrogens with zero attached hydrogens (tertiary/aromatic N) is 3. The van der Waals surface area contributed by atoms with Crippen LogP contribution in [0.2, 0.25) is 5.02 Å². The number of anilines is 1. The number of hydrogen-bond donors (Lipinski definition) is 0. The van der Waals surface area contributed by atoms with E-state index in [4.69, 9.17) is 11.6 Å². The monoisotopic (exact) mass is 455 g/mol. The van der Waals surface area contributed by atoms with Crippen LogP contribution in [0.3, 0.4) is 0 Å². The largest absolute Gasteiger partial charge is 0.292 e. The smallest absolute Gasteiger partial charge is 0.240 e. The molecule has 0 N–H and O–H groups in total. The molecular formula is C26H18ClN3O3. The zero-order valence-electron chi connectivity index (χ0n) is 17.3. The van der Waals surface area contributed by atoms with Gasteiger partial charge in [0, 0.05) is 10.6 Å². The molecule has 3 heterocycles. The summed E-state index contributed by atoms with van der Waals surface area (Å²) >= 11 is 6.15. The van der Waals surface area contributed by atoms with Gasteiger partial charge in [-0.2, -0.15) is 5.10 Å². The normalized spacial score (nSPS) is 25.1. The van der Waals surface area contributed by atoms with Gasteiger partial charge < -0.3 is 0 Å². The Morgan fingerprint density at radius 2 is 1.58 bits per heavy atom. The van der Waals surface area contributed by atoms with E-state index in [1.165, 1.54) is 4.90 Å². The summed E-state index contributed by atoms with van der Waals surface area (Å²) in [5, 5.41) is 6.66. The van der Waals surface area contributed by atoms with E-state index in [0.29, 0.717) is 16.3 Å². The van der Waals surface area contributed by atoms with E-state index in [1.54, 1.807) is 59.8 Å². The van der Waals surface area contributed by atoms with Crippen molar-refractivity contribution in [1.82, 2.24) is 5.01 Å². The van der Waals surface area contributed by atoms with Gasteiger partial charge >= 0.3 is 0 Å². The molecule has 33 heavy (non-hydrogen) atoms. The lowest BCUT2D eigenvalue weighted by atomic mass is 9.83. The molecular weight excluding hydrogens is 438 g/mol. The number of carbonyl (C=O) groups excluding carboxylic acids is 3. The van der Waals surface area contributed by atoms with Gasteiger partial charge in [-0.25, -0.2) is 4.90 Å². The second-order valence-electron chi connectivity index (χ2n) is 8.42. The number of ketones is 1. The Labute approximate surface area is 195 Å². The van der Waals surface area contributed by atoms with E-state index >= 15 is 0 Å². The summed E-state index contributed by atoms with van der Waals surface area (Å²) < 4.78 is 0. The maximum atomic E-state index is 13.8. The zero-order valence-corrected chi connectivity index (χ0v) is 18.1.